The first-order chi connectivity index (χ1) is 17.4. The molecule has 4 rings (SSSR count). The summed E-state index contributed by atoms with van der Waals surface area (Å²) in [5.41, 5.74) is 1.41. The molecule has 2 heterocycles. The lowest BCUT2D eigenvalue weighted by Crippen LogP contribution is -2.51. The number of hydrogen-bond acceptors (Lipinski definition) is 4. The van der Waals surface area contributed by atoms with E-state index < -0.39 is 0 Å². The first-order valence-corrected chi connectivity index (χ1v) is 13.3. The molecule has 3 amide bonds. The van der Waals surface area contributed by atoms with Crippen LogP contribution < -0.4 is 5.32 Å². The molecule has 10 heteroatoms. The Labute approximate surface area is 224 Å². The van der Waals surface area contributed by atoms with Crippen molar-refractivity contribution in [3.05, 3.63) is 86.3 Å². The first kappa shape index (κ1) is 26.4. The summed E-state index contributed by atoms with van der Waals surface area (Å²) in [7, 11) is 0. The number of amides is 3. The molecule has 0 unspecified atom stereocenters. The molecule has 0 spiro atoms. The van der Waals surface area contributed by atoms with Crippen molar-refractivity contribution in [2.75, 3.05) is 44.6 Å². The standard InChI is InChI=1S/C26H27Cl2FN4O2S/c27-20-5-8-24(23(28)16-20)30-26(35)32-12-9-31(10-13-32)11-14-33(18-19-3-6-21(29)7-4-19)25(34)17-22-2-1-15-36-22/h1-8,15-16H,9-14,17-18H2,(H,30,35). The number of nitrogens with zero attached hydrogens (tertiary/aromatic N) is 3. The highest BCUT2D eigenvalue weighted by molar-refractivity contribution is 7.10. The molecule has 1 saturated heterocycles. The number of carbonyl (C=O) groups is 2. The Morgan fingerprint density at radius 1 is 1.03 bits per heavy atom. The summed E-state index contributed by atoms with van der Waals surface area (Å²) in [6.07, 6.45) is 0.347. The van der Waals surface area contributed by atoms with Gasteiger partial charge in [0, 0.05) is 55.7 Å². The number of benzene rings is 2. The van der Waals surface area contributed by atoms with Crippen LogP contribution >= 0.6 is 34.5 Å². The van der Waals surface area contributed by atoms with E-state index in [4.69, 9.17) is 23.2 Å². The Morgan fingerprint density at radius 3 is 2.44 bits per heavy atom. The van der Waals surface area contributed by atoms with Gasteiger partial charge in [0.25, 0.3) is 0 Å². The zero-order valence-electron chi connectivity index (χ0n) is 19.6. The highest BCUT2D eigenvalue weighted by Crippen LogP contribution is 2.25. The third-order valence-corrected chi connectivity index (χ3v) is 7.49. The zero-order valence-corrected chi connectivity index (χ0v) is 22.0. The lowest BCUT2D eigenvalue weighted by molar-refractivity contribution is -0.131. The van der Waals surface area contributed by atoms with Crippen molar-refractivity contribution in [3.63, 3.8) is 0 Å². The minimum atomic E-state index is -0.296. The minimum absolute atomic E-state index is 0.0413. The Morgan fingerprint density at radius 2 is 1.78 bits per heavy atom. The molecular weight excluding hydrogens is 522 g/mol. The van der Waals surface area contributed by atoms with E-state index in [1.165, 1.54) is 12.1 Å². The molecule has 1 N–H and O–H groups in total. The normalized spacial score (nSPS) is 14.0. The molecule has 0 radical (unpaired) electrons. The number of urea groups is 1. The Balaban J connectivity index is 1.30. The van der Waals surface area contributed by atoms with E-state index in [1.54, 1.807) is 46.6 Å². The van der Waals surface area contributed by atoms with E-state index in [2.05, 4.69) is 10.2 Å². The molecule has 2 aromatic carbocycles. The van der Waals surface area contributed by atoms with Crippen molar-refractivity contribution < 1.29 is 14.0 Å². The molecule has 0 aliphatic carbocycles. The van der Waals surface area contributed by atoms with Gasteiger partial charge in [-0.1, -0.05) is 41.4 Å². The fourth-order valence-electron chi connectivity index (χ4n) is 4.00. The molecule has 0 atom stereocenters. The summed E-state index contributed by atoms with van der Waals surface area (Å²) in [6.45, 7) is 4.20. The van der Waals surface area contributed by atoms with E-state index in [0.717, 1.165) is 10.4 Å². The molecule has 0 saturated carbocycles. The minimum Gasteiger partial charge on any atom is -0.337 e. The Bertz CT molecular complexity index is 1170. The summed E-state index contributed by atoms with van der Waals surface area (Å²) in [5.74, 6) is -0.255. The Kier molecular flexibility index (Phi) is 9.20. The third kappa shape index (κ3) is 7.43. The monoisotopic (exact) mass is 548 g/mol. The molecule has 1 aliphatic heterocycles. The van der Waals surface area contributed by atoms with Gasteiger partial charge in [0.2, 0.25) is 5.91 Å². The number of hydrogen-bond donors (Lipinski definition) is 1. The lowest BCUT2D eigenvalue weighted by Gasteiger charge is -2.36. The molecule has 3 aromatic rings. The maximum absolute atomic E-state index is 13.3. The number of halogens is 3. The van der Waals surface area contributed by atoms with Crippen LogP contribution in [0.5, 0.6) is 0 Å². The van der Waals surface area contributed by atoms with Crippen molar-refractivity contribution in [1.82, 2.24) is 14.7 Å². The van der Waals surface area contributed by atoms with E-state index in [-0.39, 0.29) is 17.8 Å². The molecule has 1 aliphatic rings. The smallest absolute Gasteiger partial charge is 0.321 e. The number of piperazine rings is 1. The largest absolute Gasteiger partial charge is 0.337 e. The van der Waals surface area contributed by atoms with Gasteiger partial charge in [-0.05, 0) is 47.3 Å². The topological polar surface area (TPSA) is 55.9 Å². The number of thiophene rings is 1. The van der Waals surface area contributed by atoms with Crippen LogP contribution in [0.25, 0.3) is 0 Å². The summed E-state index contributed by atoms with van der Waals surface area (Å²) < 4.78 is 13.3. The molecular formula is C26H27Cl2FN4O2S. The fraction of sp³-hybridized carbons (Fsp3) is 0.308. The predicted molar refractivity (Wildman–Crippen MR) is 143 cm³/mol. The van der Waals surface area contributed by atoms with Crippen molar-refractivity contribution in [2.24, 2.45) is 0 Å². The van der Waals surface area contributed by atoms with Crippen LogP contribution in [-0.4, -0.2) is 65.9 Å². The second-order valence-electron chi connectivity index (χ2n) is 8.58. The van der Waals surface area contributed by atoms with Gasteiger partial charge in [-0.3, -0.25) is 9.69 Å². The van der Waals surface area contributed by atoms with Gasteiger partial charge >= 0.3 is 6.03 Å². The molecule has 36 heavy (non-hydrogen) atoms. The van der Waals surface area contributed by atoms with Gasteiger partial charge in [0.15, 0.2) is 0 Å². The zero-order chi connectivity index (χ0) is 25.5. The summed E-state index contributed by atoms with van der Waals surface area (Å²) in [5, 5.41) is 5.70. The fourth-order valence-corrected chi connectivity index (χ4v) is 5.15. The quantitative estimate of drug-likeness (QED) is 0.397. The number of rotatable bonds is 8. The lowest BCUT2D eigenvalue weighted by atomic mass is 10.2. The average molecular weight is 549 g/mol. The number of anilines is 1. The molecule has 0 bridgehead atoms. The molecule has 1 aromatic heterocycles. The van der Waals surface area contributed by atoms with Crippen molar-refractivity contribution in [1.29, 1.82) is 0 Å². The highest BCUT2D eigenvalue weighted by Gasteiger charge is 2.23. The first-order valence-electron chi connectivity index (χ1n) is 11.7. The van der Waals surface area contributed by atoms with Crippen LogP contribution in [0.15, 0.2) is 60.0 Å². The Hall–Kier alpha value is -2.65. The average Bonchev–Trinajstić information content (AvgIpc) is 3.38. The van der Waals surface area contributed by atoms with Gasteiger partial charge in [-0.15, -0.1) is 11.3 Å². The van der Waals surface area contributed by atoms with Gasteiger partial charge < -0.3 is 15.1 Å². The van der Waals surface area contributed by atoms with E-state index in [1.807, 2.05) is 22.4 Å². The molecule has 6 nitrogen and oxygen atoms in total. The van der Waals surface area contributed by atoms with Crippen LogP contribution in [0.4, 0.5) is 14.9 Å². The second-order valence-corrected chi connectivity index (χ2v) is 10.5. The van der Waals surface area contributed by atoms with Crippen molar-refractivity contribution >= 4 is 52.2 Å². The van der Waals surface area contributed by atoms with Gasteiger partial charge in [0.05, 0.1) is 17.1 Å². The van der Waals surface area contributed by atoms with E-state index in [0.29, 0.717) is 68.0 Å². The molecule has 190 valence electrons. The highest BCUT2D eigenvalue weighted by atomic mass is 35.5. The second kappa shape index (κ2) is 12.5. The van der Waals surface area contributed by atoms with Gasteiger partial charge in [-0.2, -0.15) is 0 Å². The predicted octanol–water partition coefficient (Wildman–Crippen LogP) is 5.62. The van der Waals surface area contributed by atoms with Crippen LogP contribution in [-0.2, 0) is 17.8 Å². The van der Waals surface area contributed by atoms with E-state index in [9.17, 15) is 14.0 Å². The summed E-state index contributed by atoms with van der Waals surface area (Å²) >= 11 is 13.7. The van der Waals surface area contributed by atoms with Gasteiger partial charge in [0.1, 0.15) is 5.82 Å². The third-order valence-electron chi connectivity index (χ3n) is 6.06. The SMILES string of the molecule is O=C(Cc1cccs1)N(CCN1CCN(C(=O)Nc2ccc(Cl)cc2Cl)CC1)Cc1ccc(F)cc1. The van der Waals surface area contributed by atoms with Crippen molar-refractivity contribution in [3.8, 4) is 0 Å². The molecule has 1 fully saturated rings. The van der Waals surface area contributed by atoms with Crippen LogP contribution in [0.2, 0.25) is 10.0 Å². The van der Waals surface area contributed by atoms with Crippen molar-refractivity contribution in [2.45, 2.75) is 13.0 Å². The maximum atomic E-state index is 13.3. The van der Waals surface area contributed by atoms with Crippen LogP contribution in [0, 0.1) is 5.82 Å². The van der Waals surface area contributed by atoms with E-state index >= 15 is 0 Å². The van der Waals surface area contributed by atoms with Crippen LogP contribution in [0.3, 0.4) is 0 Å². The number of carbonyl (C=O) groups excluding carboxylic acids is 2. The van der Waals surface area contributed by atoms with Crippen LogP contribution in [0.1, 0.15) is 10.4 Å². The summed E-state index contributed by atoms with van der Waals surface area (Å²) in [4.78, 5) is 32.6. The number of nitrogens with one attached hydrogen (secondary N) is 1. The van der Waals surface area contributed by atoms with Gasteiger partial charge in [-0.25, -0.2) is 9.18 Å². The maximum Gasteiger partial charge on any atom is 0.321 e. The summed E-state index contributed by atoms with van der Waals surface area (Å²) in [6, 6.07) is 14.9.